The minimum absolute atomic E-state index is 0.201. The fraction of sp³-hybridized carbons (Fsp3) is 0.133. The highest BCUT2D eigenvalue weighted by molar-refractivity contribution is 7.10. The van der Waals surface area contributed by atoms with E-state index in [9.17, 15) is 9.18 Å². The molecule has 0 amide bonds. The lowest BCUT2D eigenvalue weighted by Gasteiger charge is -2.08. The standard InChI is InChI=1S/C15H13FO3S/c1-10-3-2-4-12(15(10)16)19-9-13-11(7-8-20-13)5-6-14(17)18/h2-8H,9H2,1H3,(H,17,18)/b6-5+. The number of carboxylic acid groups (broad SMARTS) is 1. The molecule has 0 aliphatic heterocycles. The van der Waals surface area contributed by atoms with Crippen LogP contribution < -0.4 is 4.74 Å². The maximum Gasteiger partial charge on any atom is 0.328 e. The van der Waals surface area contributed by atoms with E-state index in [0.717, 1.165) is 16.5 Å². The van der Waals surface area contributed by atoms with Gasteiger partial charge in [0.15, 0.2) is 11.6 Å². The topological polar surface area (TPSA) is 46.5 Å². The first-order valence-corrected chi connectivity index (χ1v) is 6.81. The van der Waals surface area contributed by atoms with E-state index in [-0.39, 0.29) is 18.2 Å². The van der Waals surface area contributed by atoms with E-state index in [1.54, 1.807) is 31.2 Å². The molecule has 0 fully saturated rings. The summed E-state index contributed by atoms with van der Waals surface area (Å²) < 4.78 is 19.2. The fourth-order valence-corrected chi connectivity index (χ4v) is 2.43. The third-order valence-corrected chi connectivity index (χ3v) is 3.61. The molecule has 0 aliphatic carbocycles. The molecule has 0 unspecified atom stereocenters. The maximum atomic E-state index is 13.8. The summed E-state index contributed by atoms with van der Waals surface area (Å²) in [6.45, 7) is 1.88. The molecule has 2 rings (SSSR count). The highest BCUT2D eigenvalue weighted by Crippen LogP contribution is 2.24. The number of halogens is 1. The van der Waals surface area contributed by atoms with Gasteiger partial charge in [0, 0.05) is 11.0 Å². The second-order valence-corrected chi connectivity index (χ2v) is 5.15. The predicted molar refractivity (Wildman–Crippen MR) is 76.5 cm³/mol. The first-order valence-electron chi connectivity index (χ1n) is 5.93. The van der Waals surface area contributed by atoms with Gasteiger partial charge in [-0.2, -0.15) is 0 Å². The van der Waals surface area contributed by atoms with Gasteiger partial charge in [0.2, 0.25) is 0 Å². The Morgan fingerprint density at radius 1 is 1.45 bits per heavy atom. The summed E-state index contributed by atoms with van der Waals surface area (Å²) in [4.78, 5) is 11.4. The molecule has 1 aromatic heterocycles. The van der Waals surface area contributed by atoms with Gasteiger partial charge in [0.25, 0.3) is 0 Å². The maximum absolute atomic E-state index is 13.8. The van der Waals surface area contributed by atoms with Crippen LogP contribution in [0.25, 0.3) is 6.08 Å². The smallest absolute Gasteiger partial charge is 0.328 e. The number of aliphatic carboxylic acids is 1. The molecular formula is C15H13FO3S. The van der Waals surface area contributed by atoms with E-state index in [4.69, 9.17) is 9.84 Å². The quantitative estimate of drug-likeness (QED) is 0.851. The van der Waals surface area contributed by atoms with Crippen LogP contribution in [0.2, 0.25) is 0 Å². The Labute approximate surface area is 119 Å². The number of hydrogen-bond acceptors (Lipinski definition) is 3. The van der Waals surface area contributed by atoms with Crippen LogP contribution in [-0.2, 0) is 11.4 Å². The third-order valence-electron chi connectivity index (χ3n) is 2.70. The van der Waals surface area contributed by atoms with E-state index in [0.29, 0.717) is 5.56 Å². The molecule has 1 heterocycles. The van der Waals surface area contributed by atoms with E-state index in [1.165, 1.54) is 17.4 Å². The Bertz CT molecular complexity index is 646. The van der Waals surface area contributed by atoms with Crippen molar-refractivity contribution in [1.82, 2.24) is 0 Å². The van der Waals surface area contributed by atoms with Gasteiger partial charge in [-0.1, -0.05) is 12.1 Å². The summed E-state index contributed by atoms with van der Waals surface area (Å²) in [5, 5.41) is 10.5. The van der Waals surface area contributed by atoms with Crippen molar-refractivity contribution < 1.29 is 19.0 Å². The molecule has 0 bridgehead atoms. The summed E-state index contributed by atoms with van der Waals surface area (Å²) in [6, 6.07) is 6.78. The SMILES string of the molecule is Cc1cccc(OCc2sccc2/C=C/C(=O)O)c1F. The molecule has 0 saturated heterocycles. The van der Waals surface area contributed by atoms with Gasteiger partial charge in [-0.15, -0.1) is 11.3 Å². The van der Waals surface area contributed by atoms with Crippen molar-refractivity contribution in [2.24, 2.45) is 0 Å². The van der Waals surface area contributed by atoms with E-state index in [1.807, 2.05) is 5.38 Å². The average molecular weight is 292 g/mol. The molecule has 1 aromatic carbocycles. The normalized spacial score (nSPS) is 10.9. The minimum atomic E-state index is -1.01. The van der Waals surface area contributed by atoms with Crippen LogP contribution in [-0.4, -0.2) is 11.1 Å². The van der Waals surface area contributed by atoms with Gasteiger partial charge in [-0.25, -0.2) is 9.18 Å². The van der Waals surface area contributed by atoms with Crippen molar-refractivity contribution in [1.29, 1.82) is 0 Å². The fourth-order valence-electron chi connectivity index (χ4n) is 1.65. The van der Waals surface area contributed by atoms with Crippen molar-refractivity contribution in [2.45, 2.75) is 13.5 Å². The zero-order chi connectivity index (χ0) is 14.5. The summed E-state index contributed by atoms with van der Waals surface area (Å²) >= 11 is 1.44. The highest BCUT2D eigenvalue weighted by atomic mass is 32.1. The van der Waals surface area contributed by atoms with E-state index in [2.05, 4.69) is 0 Å². The van der Waals surface area contributed by atoms with E-state index >= 15 is 0 Å². The van der Waals surface area contributed by atoms with Crippen LogP contribution in [0.15, 0.2) is 35.7 Å². The van der Waals surface area contributed by atoms with Gasteiger partial charge < -0.3 is 9.84 Å². The number of hydrogen-bond donors (Lipinski definition) is 1. The van der Waals surface area contributed by atoms with Gasteiger partial charge in [-0.3, -0.25) is 0 Å². The van der Waals surface area contributed by atoms with E-state index < -0.39 is 5.97 Å². The first kappa shape index (κ1) is 14.3. The molecule has 5 heteroatoms. The summed E-state index contributed by atoms with van der Waals surface area (Å²) in [6.07, 6.45) is 2.57. The van der Waals surface area contributed by atoms with Gasteiger partial charge in [0.1, 0.15) is 6.61 Å². The Morgan fingerprint density at radius 2 is 2.25 bits per heavy atom. The van der Waals surface area contributed by atoms with Crippen LogP contribution in [0.1, 0.15) is 16.0 Å². The number of ether oxygens (including phenoxy) is 1. The predicted octanol–water partition coefficient (Wildman–Crippen LogP) is 3.87. The highest BCUT2D eigenvalue weighted by Gasteiger charge is 2.08. The monoisotopic (exact) mass is 292 g/mol. The summed E-state index contributed by atoms with van der Waals surface area (Å²) in [5.41, 5.74) is 1.30. The van der Waals surface area contributed by atoms with Crippen LogP contribution in [0.3, 0.4) is 0 Å². The van der Waals surface area contributed by atoms with Gasteiger partial charge in [0.05, 0.1) is 0 Å². The number of carbonyl (C=O) groups is 1. The molecule has 20 heavy (non-hydrogen) atoms. The average Bonchev–Trinajstić information content (AvgIpc) is 2.85. The molecule has 0 saturated carbocycles. The molecule has 104 valence electrons. The lowest BCUT2D eigenvalue weighted by atomic mass is 10.2. The number of carboxylic acids is 1. The Kier molecular flexibility index (Phi) is 4.53. The molecule has 0 atom stereocenters. The van der Waals surface area contributed by atoms with Crippen molar-refractivity contribution in [3.63, 3.8) is 0 Å². The number of thiophene rings is 1. The molecule has 1 N–H and O–H groups in total. The van der Waals surface area contributed by atoms with Crippen molar-refractivity contribution in [3.8, 4) is 5.75 Å². The zero-order valence-corrected chi connectivity index (χ0v) is 11.6. The van der Waals surface area contributed by atoms with Crippen LogP contribution in [0.5, 0.6) is 5.75 Å². The number of rotatable bonds is 5. The molecule has 0 radical (unpaired) electrons. The third kappa shape index (κ3) is 3.45. The first-order chi connectivity index (χ1) is 9.58. The Balaban J connectivity index is 2.10. The van der Waals surface area contributed by atoms with Crippen LogP contribution in [0.4, 0.5) is 4.39 Å². The second kappa shape index (κ2) is 6.34. The Hall–Kier alpha value is -2.14. The van der Waals surface area contributed by atoms with Crippen molar-refractivity contribution in [3.05, 3.63) is 57.5 Å². The van der Waals surface area contributed by atoms with Crippen molar-refractivity contribution >= 4 is 23.4 Å². The minimum Gasteiger partial charge on any atom is -0.485 e. The van der Waals surface area contributed by atoms with Crippen LogP contribution in [0, 0.1) is 12.7 Å². The van der Waals surface area contributed by atoms with Gasteiger partial charge >= 0.3 is 5.97 Å². The number of aryl methyl sites for hydroxylation is 1. The number of benzene rings is 1. The Morgan fingerprint density at radius 3 is 3.00 bits per heavy atom. The largest absolute Gasteiger partial charge is 0.485 e. The molecule has 0 aliphatic rings. The lowest BCUT2D eigenvalue weighted by molar-refractivity contribution is -0.131. The molecule has 0 spiro atoms. The second-order valence-electron chi connectivity index (χ2n) is 4.15. The van der Waals surface area contributed by atoms with Crippen molar-refractivity contribution in [2.75, 3.05) is 0 Å². The zero-order valence-electron chi connectivity index (χ0n) is 10.8. The molecule has 2 aromatic rings. The molecule has 3 nitrogen and oxygen atoms in total. The lowest BCUT2D eigenvalue weighted by Crippen LogP contribution is -1.98. The molecular weight excluding hydrogens is 279 g/mol. The van der Waals surface area contributed by atoms with Gasteiger partial charge in [-0.05, 0) is 41.6 Å². The summed E-state index contributed by atoms with van der Waals surface area (Å²) in [5.74, 6) is -1.17. The summed E-state index contributed by atoms with van der Waals surface area (Å²) in [7, 11) is 0. The van der Waals surface area contributed by atoms with Crippen LogP contribution >= 0.6 is 11.3 Å².